The molecule has 3 nitrogen and oxygen atoms in total. The fourth-order valence-corrected chi connectivity index (χ4v) is 2.17. The van der Waals surface area contributed by atoms with Gasteiger partial charge in [0.1, 0.15) is 0 Å². The topological polar surface area (TPSA) is 29.5 Å². The van der Waals surface area contributed by atoms with Gasteiger partial charge in [-0.15, -0.1) is 6.42 Å². The van der Waals surface area contributed by atoms with Gasteiger partial charge in [-0.25, -0.2) is 10.9 Å². The molecule has 1 aliphatic carbocycles. The maximum atomic E-state index is 11.9. The largest absolute Gasteiger partial charge is 1.00 e. The molecule has 0 spiro atoms. The molecule has 0 aromatic carbocycles. The van der Waals surface area contributed by atoms with Crippen molar-refractivity contribution < 1.29 is 28.4 Å². The Balaban J connectivity index is 0.00000289. The molecule has 0 aromatic heterocycles. The summed E-state index contributed by atoms with van der Waals surface area (Å²) in [4.78, 5) is 13.7. The van der Waals surface area contributed by atoms with Crippen LogP contribution in [0.1, 0.15) is 53.4 Å². The van der Waals surface area contributed by atoms with Gasteiger partial charge in [0.05, 0.1) is 0 Å². The molecule has 0 heterocycles. The van der Waals surface area contributed by atoms with Crippen LogP contribution in [0, 0.1) is 6.61 Å². The van der Waals surface area contributed by atoms with Gasteiger partial charge in [-0.05, 0) is 27.7 Å². The smallest absolute Gasteiger partial charge is 0.511 e. The van der Waals surface area contributed by atoms with Gasteiger partial charge in [-0.2, -0.15) is 5.57 Å². The Hall–Kier alpha value is -0.523. The number of carbonyl (C=O) groups is 1. The third-order valence-electron chi connectivity index (χ3n) is 2.96. The van der Waals surface area contributed by atoms with Crippen LogP contribution in [-0.4, -0.2) is 23.1 Å². The van der Waals surface area contributed by atoms with Crippen molar-refractivity contribution in [2.24, 2.45) is 0 Å². The van der Waals surface area contributed by atoms with Crippen LogP contribution in [-0.2, 0) is 4.74 Å². The summed E-state index contributed by atoms with van der Waals surface area (Å²) in [6.07, 6.45) is 6.47. The molecule has 1 amide bonds. The molecule has 0 unspecified atom stereocenters. The Kier molecular flexibility index (Phi) is 8.31. The second-order valence-corrected chi connectivity index (χ2v) is 5.12. The summed E-state index contributed by atoms with van der Waals surface area (Å²) >= 11 is 0. The van der Waals surface area contributed by atoms with Crippen LogP contribution < -0.4 is 18.9 Å². The van der Waals surface area contributed by atoms with Crippen LogP contribution in [0.3, 0.4) is 0 Å². The maximum Gasteiger partial charge on any atom is 1.00 e. The summed E-state index contributed by atoms with van der Waals surface area (Å²) in [6.45, 7) is 9.63. The van der Waals surface area contributed by atoms with Crippen LogP contribution in [0.25, 0.3) is 0 Å². The minimum absolute atomic E-state index is 0. The Morgan fingerprint density at radius 2 is 1.89 bits per heavy atom. The molecule has 98 valence electrons. The molecule has 4 heteroatoms. The predicted octanol–water partition coefficient (Wildman–Crippen LogP) is 0.908. The first-order valence-electron chi connectivity index (χ1n) is 6.53. The van der Waals surface area contributed by atoms with Gasteiger partial charge in [0.15, 0.2) is 0 Å². The number of carbonyl (C=O) groups excluding carboxylic acids is 1. The van der Waals surface area contributed by atoms with Crippen LogP contribution in [0.5, 0.6) is 0 Å². The monoisotopic (exact) mass is 245 g/mol. The van der Waals surface area contributed by atoms with E-state index in [1.54, 1.807) is 11.5 Å². The molecule has 0 radical (unpaired) electrons. The summed E-state index contributed by atoms with van der Waals surface area (Å²) in [5.41, 5.74) is 1.15. The minimum atomic E-state index is -0.249. The van der Waals surface area contributed by atoms with Crippen molar-refractivity contribution in [3.05, 3.63) is 18.3 Å². The first-order valence-corrected chi connectivity index (χ1v) is 6.53. The number of hydrogen-bond acceptors (Lipinski definition) is 2. The second-order valence-electron chi connectivity index (χ2n) is 5.12. The molecule has 0 fully saturated rings. The summed E-state index contributed by atoms with van der Waals surface area (Å²) in [5, 5.41) is 0. The predicted molar refractivity (Wildman–Crippen MR) is 69.4 cm³/mol. The van der Waals surface area contributed by atoms with Crippen molar-refractivity contribution in [2.75, 3.05) is 0 Å². The summed E-state index contributed by atoms with van der Waals surface area (Å²) in [6, 6.07) is 0.326. The first-order chi connectivity index (χ1) is 8.02. The van der Waals surface area contributed by atoms with Crippen molar-refractivity contribution in [2.45, 2.75) is 65.5 Å². The van der Waals surface area contributed by atoms with Gasteiger partial charge in [-0.1, -0.05) is 25.9 Å². The minimum Gasteiger partial charge on any atom is -0.511 e. The molecule has 1 aliphatic rings. The molecule has 0 aliphatic heterocycles. The first kappa shape index (κ1) is 17.5. The van der Waals surface area contributed by atoms with Crippen molar-refractivity contribution in [1.82, 2.24) is 4.90 Å². The quantitative estimate of drug-likeness (QED) is 0.544. The van der Waals surface area contributed by atoms with E-state index in [0.717, 1.165) is 18.4 Å². The number of amides is 1. The van der Waals surface area contributed by atoms with E-state index in [2.05, 4.69) is 6.08 Å². The normalized spacial score (nSPS) is 14.9. The average molecular weight is 245 g/mol. The van der Waals surface area contributed by atoms with E-state index < -0.39 is 0 Å². The van der Waals surface area contributed by atoms with E-state index >= 15 is 0 Å². The Morgan fingerprint density at radius 1 is 1.28 bits per heavy atom. The zero-order valence-corrected chi connectivity index (χ0v) is 12.4. The molecular formula is C14H24LiNO2. The number of hydrogen-bond donors (Lipinski definition) is 0. The van der Waals surface area contributed by atoms with E-state index in [4.69, 9.17) is 4.74 Å². The van der Waals surface area contributed by atoms with Gasteiger partial charge in [-0.3, -0.25) is 0 Å². The molecule has 0 aromatic rings. The summed E-state index contributed by atoms with van der Waals surface area (Å²) < 4.78 is 5.26. The van der Waals surface area contributed by atoms with Crippen LogP contribution in [0.2, 0.25) is 0 Å². The summed E-state index contributed by atoms with van der Waals surface area (Å²) in [5.74, 6) is 0. The van der Waals surface area contributed by atoms with Crippen molar-refractivity contribution in [1.29, 1.82) is 0 Å². The second kappa shape index (κ2) is 8.56. The fraction of sp³-hybridized carbons (Fsp3) is 0.714. The Labute approximate surface area is 123 Å². The third kappa shape index (κ3) is 5.41. The molecule has 0 atom stereocenters. The fourth-order valence-electron chi connectivity index (χ4n) is 2.17. The van der Waals surface area contributed by atoms with Gasteiger partial charge in [0, 0.05) is 12.1 Å². The average Bonchev–Trinajstić information content (AvgIpc) is 2.27. The molecular weight excluding hydrogens is 221 g/mol. The van der Waals surface area contributed by atoms with E-state index in [1.165, 1.54) is 12.8 Å². The van der Waals surface area contributed by atoms with E-state index in [9.17, 15) is 4.79 Å². The maximum absolute atomic E-state index is 11.9. The number of rotatable bonds is 4. The van der Waals surface area contributed by atoms with Gasteiger partial charge in [0.2, 0.25) is 0 Å². The van der Waals surface area contributed by atoms with Gasteiger partial charge in [0.25, 0.3) is 0 Å². The van der Waals surface area contributed by atoms with Crippen molar-refractivity contribution in [3.8, 4) is 0 Å². The van der Waals surface area contributed by atoms with Gasteiger partial charge >= 0.3 is 25.0 Å². The van der Waals surface area contributed by atoms with E-state index in [1.807, 2.05) is 27.7 Å². The van der Waals surface area contributed by atoms with Crippen molar-refractivity contribution >= 4 is 6.09 Å². The number of allylic oxidation sites excluding steroid dienone is 1. The SMILES string of the molecule is CC(C)N(C(=O)O[CH-]C1=CCCCC1)C(C)C.[Li+]. The number of nitrogens with zero attached hydrogens (tertiary/aromatic N) is 1. The molecule has 18 heavy (non-hydrogen) atoms. The van der Waals surface area contributed by atoms with Crippen LogP contribution >= 0.6 is 0 Å². The Bertz CT molecular complexity index is 280. The van der Waals surface area contributed by atoms with E-state index in [0.29, 0.717) is 0 Å². The molecule has 0 N–H and O–H groups in total. The van der Waals surface area contributed by atoms with Crippen LogP contribution in [0.4, 0.5) is 4.79 Å². The molecule has 0 bridgehead atoms. The Morgan fingerprint density at radius 3 is 2.33 bits per heavy atom. The third-order valence-corrected chi connectivity index (χ3v) is 2.96. The van der Waals surface area contributed by atoms with Crippen molar-refractivity contribution in [3.63, 3.8) is 0 Å². The summed E-state index contributed by atoms with van der Waals surface area (Å²) in [7, 11) is 0. The molecule has 1 rings (SSSR count). The van der Waals surface area contributed by atoms with Crippen LogP contribution in [0.15, 0.2) is 11.6 Å². The standard InChI is InChI=1S/C14H24NO2.Li/c1-11(2)15(12(3)4)14(16)17-10-13-8-6-5-7-9-13;/h8,10-12H,5-7,9H2,1-4H3;/q-1;+1. The molecule has 0 saturated carbocycles. The zero-order chi connectivity index (χ0) is 12.8. The number of ether oxygens (including phenoxy) is 1. The van der Waals surface area contributed by atoms with Gasteiger partial charge < -0.3 is 9.64 Å². The zero-order valence-electron chi connectivity index (χ0n) is 12.4. The van der Waals surface area contributed by atoms with E-state index in [-0.39, 0.29) is 37.0 Å². The molecule has 0 saturated heterocycles.